The van der Waals surface area contributed by atoms with Crippen molar-refractivity contribution in [1.82, 2.24) is 4.90 Å². The minimum Gasteiger partial charge on any atom is -0.399 e. The first-order chi connectivity index (χ1) is 9.38. The van der Waals surface area contributed by atoms with E-state index in [9.17, 15) is 9.18 Å². The van der Waals surface area contributed by atoms with E-state index in [4.69, 9.17) is 5.73 Å². The minimum absolute atomic E-state index is 0.140. The predicted octanol–water partition coefficient (Wildman–Crippen LogP) is 3.69. The van der Waals surface area contributed by atoms with Crippen LogP contribution in [-0.2, 0) is 0 Å². The van der Waals surface area contributed by atoms with Gasteiger partial charge in [0.25, 0.3) is 5.91 Å². The molecule has 4 heteroatoms. The van der Waals surface area contributed by atoms with Crippen LogP contribution in [0.25, 0.3) is 0 Å². The Morgan fingerprint density at radius 3 is 2.30 bits per heavy atom. The molecular weight excluding hydrogens is 255 g/mol. The molecule has 112 valence electrons. The van der Waals surface area contributed by atoms with Crippen LogP contribution in [0.4, 0.5) is 10.1 Å². The van der Waals surface area contributed by atoms with Crippen LogP contribution in [0.15, 0.2) is 18.2 Å². The standard InChI is InChI=1S/C16H25FN2O/c1-5-15(6-2)19(10-11(3)4)16(20)12-7-13(17)9-14(18)8-12/h7-9,11,15H,5-6,10,18H2,1-4H3. The number of anilines is 1. The zero-order chi connectivity index (χ0) is 15.3. The van der Waals surface area contributed by atoms with Gasteiger partial charge in [-0.1, -0.05) is 27.7 Å². The number of carbonyl (C=O) groups excluding carboxylic acids is 1. The Morgan fingerprint density at radius 1 is 1.25 bits per heavy atom. The summed E-state index contributed by atoms with van der Waals surface area (Å²) in [7, 11) is 0. The molecule has 0 radical (unpaired) electrons. The van der Waals surface area contributed by atoms with Gasteiger partial charge < -0.3 is 10.6 Å². The lowest BCUT2D eigenvalue weighted by atomic mass is 10.0. The summed E-state index contributed by atoms with van der Waals surface area (Å²) in [6.45, 7) is 8.94. The maximum atomic E-state index is 13.4. The fraction of sp³-hybridized carbons (Fsp3) is 0.562. The molecule has 0 saturated carbocycles. The van der Waals surface area contributed by atoms with E-state index in [1.165, 1.54) is 12.1 Å². The quantitative estimate of drug-likeness (QED) is 0.808. The lowest BCUT2D eigenvalue weighted by Gasteiger charge is -2.32. The molecule has 0 aliphatic carbocycles. The molecule has 20 heavy (non-hydrogen) atoms. The van der Waals surface area contributed by atoms with Crippen molar-refractivity contribution in [3.05, 3.63) is 29.6 Å². The summed E-state index contributed by atoms with van der Waals surface area (Å²) >= 11 is 0. The highest BCUT2D eigenvalue weighted by atomic mass is 19.1. The van der Waals surface area contributed by atoms with Crippen LogP contribution >= 0.6 is 0 Å². The number of nitrogens with two attached hydrogens (primary N) is 1. The first kappa shape index (κ1) is 16.5. The second kappa shape index (κ2) is 7.27. The van der Waals surface area contributed by atoms with E-state index < -0.39 is 5.82 Å². The lowest BCUT2D eigenvalue weighted by Crippen LogP contribution is -2.42. The molecule has 0 aliphatic heterocycles. The maximum absolute atomic E-state index is 13.4. The normalized spacial score (nSPS) is 11.2. The molecule has 2 N–H and O–H groups in total. The van der Waals surface area contributed by atoms with Crippen molar-refractivity contribution in [3.8, 4) is 0 Å². The van der Waals surface area contributed by atoms with Crippen molar-refractivity contribution in [2.24, 2.45) is 5.92 Å². The number of carbonyl (C=O) groups is 1. The van der Waals surface area contributed by atoms with Gasteiger partial charge in [0.15, 0.2) is 0 Å². The summed E-state index contributed by atoms with van der Waals surface area (Å²) in [5, 5.41) is 0. The molecule has 3 nitrogen and oxygen atoms in total. The zero-order valence-corrected chi connectivity index (χ0v) is 12.8. The molecule has 0 atom stereocenters. The monoisotopic (exact) mass is 280 g/mol. The molecule has 0 spiro atoms. The lowest BCUT2D eigenvalue weighted by molar-refractivity contribution is 0.0640. The van der Waals surface area contributed by atoms with Gasteiger partial charge in [-0.15, -0.1) is 0 Å². The molecule has 0 aliphatic rings. The predicted molar refractivity (Wildman–Crippen MR) is 81.1 cm³/mol. The summed E-state index contributed by atoms with van der Waals surface area (Å²) in [6.07, 6.45) is 1.78. The first-order valence-corrected chi connectivity index (χ1v) is 7.26. The fourth-order valence-corrected chi connectivity index (χ4v) is 2.42. The maximum Gasteiger partial charge on any atom is 0.254 e. The van der Waals surface area contributed by atoms with Gasteiger partial charge in [0.2, 0.25) is 0 Å². The van der Waals surface area contributed by atoms with Crippen LogP contribution in [0.5, 0.6) is 0 Å². The van der Waals surface area contributed by atoms with E-state index in [1.807, 2.05) is 4.90 Å². The van der Waals surface area contributed by atoms with E-state index in [0.29, 0.717) is 18.0 Å². The molecule has 0 unspecified atom stereocenters. The van der Waals surface area contributed by atoms with Gasteiger partial charge in [0.1, 0.15) is 5.82 Å². The van der Waals surface area contributed by atoms with Crippen LogP contribution in [0.1, 0.15) is 50.9 Å². The number of nitrogens with zero attached hydrogens (tertiary/aromatic N) is 1. The van der Waals surface area contributed by atoms with Crippen molar-refractivity contribution in [2.45, 2.75) is 46.6 Å². The van der Waals surface area contributed by atoms with Crippen LogP contribution in [-0.4, -0.2) is 23.4 Å². The number of halogens is 1. The Kier molecular flexibility index (Phi) is 5.99. The molecule has 0 heterocycles. The smallest absolute Gasteiger partial charge is 0.254 e. The van der Waals surface area contributed by atoms with Gasteiger partial charge in [0.05, 0.1) is 0 Å². The van der Waals surface area contributed by atoms with E-state index in [2.05, 4.69) is 27.7 Å². The van der Waals surface area contributed by atoms with Crippen molar-refractivity contribution < 1.29 is 9.18 Å². The highest BCUT2D eigenvalue weighted by molar-refractivity contribution is 5.95. The highest BCUT2D eigenvalue weighted by Gasteiger charge is 2.23. The van der Waals surface area contributed by atoms with E-state index in [1.54, 1.807) is 6.07 Å². The first-order valence-electron chi connectivity index (χ1n) is 7.26. The van der Waals surface area contributed by atoms with Gasteiger partial charge in [0, 0.05) is 23.8 Å². The van der Waals surface area contributed by atoms with Crippen LogP contribution in [0.2, 0.25) is 0 Å². The molecular formula is C16H25FN2O. The van der Waals surface area contributed by atoms with Crippen LogP contribution in [0, 0.1) is 11.7 Å². The summed E-state index contributed by atoms with van der Waals surface area (Å²) in [6, 6.07) is 4.20. The molecule has 1 rings (SSSR count). The van der Waals surface area contributed by atoms with E-state index in [0.717, 1.165) is 12.8 Å². The zero-order valence-electron chi connectivity index (χ0n) is 12.8. The van der Waals surface area contributed by atoms with Gasteiger partial charge >= 0.3 is 0 Å². The third-order valence-electron chi connectivity index (χ3n) is 3.37. The summed E-state index contributed by atoms with van der Waals surface area (Å²) < 4.78 is 13.4. The molecule has 0 saturated heterocycles. The minimum atomic E-state index is -0.470. The second-order valence-corrected chi connectivity index (χ2v) is 5.59. The van der Waals surface area contributed by atoms with Crippen LogP contribution in [0.3, 0.4) is 0 Å². The van der Waals surface area contributed by atoms with E-state index >= 15 is 0 Å². The molecule has 0 aromatic heterocycles. The van der Waals surface area contributed by atoms with Gasteiger partial charge in [-0.3, -0.25) is 4.79 Å². The summed E-state index contributed by atoms with van der Waals surface area (Å²) in [4.78, 5) is 14.5. The molecule has 1 aromatic rings. The van der Waals surface area contributed by atoms with Crippen molar-refractivity contribution in [3.63, 3.8) is 0 Å². The van der Waals surface area contributed by atoms with Crippen molar-refractivity contribution in [1.29, 1.82) is 0 Å². The number of rotatable bonds is 6. The molecule has 1 aromatic carbocycles. The molecule has 0 fully saturated rings. The van der Waals surface area contributed by atoms with E-state index in [-0.39, 0.29) is 17.6 Å². The third-order valence-corrected chi connectivity index (χ3v) is 3.37. The van der Waals surface area contributed by atoms with Gasteiger partial charge in [-0.2, -0.15) is 0 Å². The number of hydrogen-bond donors (Lipinski definition) is 1. The van der Waals surface area contributed by atoms with Gasteiger partial charge in [-0.25, -0.2) is 4.39 Å². The Balaban J connectivity index is 3.08. The van der Waals surface area contributed by atoms with Gasteiger partial charge in [-0.05, 0) is 37.0 Å². The topological polar surface area (TPSA) is 46.3 Å². The fourth-order valence-electron chi connectivity index (χ4n) is 2.42. The molecule has 1 amide bonds. The average Bonchev–Trinajstić information content (AvgIpc) is 2.36. The number of nitrogen functional groups attached to an aromatic ring is 1. The Morgan fingerprint density at radius 2 is 1.85 bits per heavy atom. The Bertz CT molecular complexity index is 436. The highest BCUT2D eigenvalue weighted by Crippen LogP contribution is 2.18. The Hall–Kier alpha value is -1.58. The van der Waals surface area contributed by atoms with Crippen molar-refractivity contribution in [2.75, 3.05) is 12.3 Å². The number of benzene rings is 1. The Labute approximate surface area is 121 Å². The second-order valence-electron chi connectivity index (χ2n) is 5.59. The SMILES string of the molecule is CCC(CC)N(CC(C)C)C(=O)c1cc(N)cc(F)c1. The average molecular weight is 280 g/mol. The third kappa shape index (κ3) is 4.22. The summed E-state index contributed by atoms with van der Waals surface area (Å²) in [5.74, 6) is -0.244. The number of amides is 1. The summed E-state index contributed by atoms with van der Waals surface area (Å²) in [5.41, 5.74) is 6.24. The molecule has 0 bridgehead atoms. The largest absolute Gasteiger partial charge is 0.399 e. The van der Waals surface area contributed by atoms with Crippen molar-refractivity contribution >= 4 is 11.6 Å². The number of hydrogen-bond acceptors (Lipinski definition) is 2. The van der Waals surface area contributed by atoms with Crippen LogP contribution < -0.4 is 5.73 Å².